The molecule has 1 aliphatic rings. The zero-order valence-electron chi connectivity index (χ0n) is 15.3. The van der Waals surface area contributed by atoms with Crippen LogP contribution in [0.5, 0.6) is 5.75 Å². The van der Waals surface area contributed by atoms with E-state index in [1.54, 1.807) is 25.3 Å². The molecule has 0 aliphatic carbocycles. The molecule has 9 heteroatoms. The summed E-state index contributed by atoms with van der Waals surface area (Å²) >= 11 is 12.2. The van der Waals surface area contributed by atoms with Crippen LogP contribution in [0.25, 0.3) is 6.08 Å². The lowest BCUT2D eigenvalue weighted by Gasteiger charge is -2.14. The Morgan fingerprint density at radius 3 is 2.69 bits per heavy atom. The maximum Gasteiger partial charge on any atom is 0.266 e. The predicted octanol–water partition coefficient (Wildman–Crippen LogP) is 4.72. The number of halogens is 2. The Morgan fingerprint density at radius 1 is 1.31 bits per heavy atom. The van der Waals surface area contributed by atoms with Crippen molar-refractivity contribution in [1.29, 1.82) is 0 Å². The number of thiocarbonyl (C=S) groups is 1. The topological polar surface area (TPSA) is 58.6 Å². The summed E-state index contributed by atoms with van der Waals surface area (Å²) in [6.45, 7) is 0.144. The van der Waals surface area contributed by atoms with Gasteiger partial charge in [0, 0.05) is 18.7 Å². The number of hydrogen-bond acceptors (Lipinski definition) is 5. The van der Waals surface area contributed by atoms with Crippen molar-refractivity contribution in [2.24, 2.45) is 0 Å². The SMILES string of the molecule is COc1ccc(/C=C2/SC(=S)N(CCC(=O)Nc3ccc(F)c(Cl)c3)C2=O)cc1. The summed E-state index contributed by atoms with van der Waals surface area (Å²) in [6, 6.07) is 11.2. The van der Waals surface area contributed by atoms with Gasteiger partial charge in [0.25, 0.3) is 5.91 Å². The predicted molar refractivity (Wildman–Crippen MR) is 118 cm³/mol. The second kappa shape index (κ2) is 9.39. The number of anilines is 1. The van der Waals surface area contributed by atoms with Crippen molar-refractivity contribution in [2.75, 3.05) is 19.0 Å². The van der Waals surface area contributed by atoms with Gasteiger partial charge in [-0.3, -0.25) is 14.5 Å². The number of amides is 2. The van der Waals surface area contributed by atoms with Crippen LogP contribution in [0.1, 0.15) is 12.0 Å². The third kappa shape index (κ3) is 5.35. The van der Waals surface area contributed by atoms with Crippen molar-refractivity contribution < 1.29 is 18.7 Å². The monoisotopic (exact) mass is 450 g/mol. The minimum atomic E-state index is -0.564. The number of methoxy groups -OCH3 is 1. The van der Waals surface area contributed by atoms with Crippen molar-refractivity contribution in [1.82, 2.24) is 4.90 Å². The second-order valence-electron chi connectivity index (χ2n) is 6.03. The highest BCUT2D eigenvalue weighted by molar-refractivity contribution is 8.26. The number of thioether (sulfide) groups is 1. The summed E-state index contributed by atoms with van der Waals surface area (Å²) in [5.41, 5.74) is 1.23. The maximum atomic E-state index is 13.2. The lowest BCUT2D eigenvalue weighted by molar-refractivity contribution is -0.122. The molecule has 1 heterocycles. The molecule has 0 bridgehead atoms. The largest absolute Gasteiger partial charge is 0.497 e. The molecule has 2 aromatic rings. The summed E-state index contributed by atoms with van der Waals surface area (Å²) in [7, 11) is 1.58. The van der Waals surface area contributed by atoms with Gasteiger partial charge in [0.2, 0.25) is 5.91 Å². The number of carbonyl (C=O) groups excluding carboxylic acids is 2. The fraction of sp³-hybridized carbons (Fsp3) is 0.150. The van der Waals surface area contributed by atoms with Crippen LogP contribution in [0.3, 0.4) is 0 Å². The Kier molecular flexibility index (Phi) is 6.89. The van der Waals surface area contributed by atoms with E-state index in [2.05, 4.69) is 5.32 Å². The van der Waals surface area contributed by atoms with Crippen molar-refractivity contribution in [3.63, 3.8) is 0 Å². The van der Waals surface area contributed by atoms with E-state index in [0.29, 0.717) is 14.9 Å². The molecule has 5 nitrogen and oxygen atoms in total. The zero-order valence-corrected chi connectivity index (χ0v) is 17.7. The van der Waals surface area contributed by atoms with E-state index in [4.69, 9.17) is 28.6 Å². The van der Waals surface area contributed by atoms with Crippen LogP contribution in [0.2, 0.25) is 5.02 Å². The van der Waals surface area contributed by atoms with Gasteiger partial charge in [0.1, 0.15) is 15.9 Å². The first-order valence-corrected chi connectivity index (χ1v) is 10.1. The molecule has 1 saturated heterocycles. The molecule has 0 unspecified atom stereocenters. The van der Waals surface area contributed by atoms with Crippen LogP contribution >= 0.6 is 35.6 Å². The Bertz CT molecular complexity index is 996. The Morgan fingerprint density at radius 2 is 2.03 bits per heavy atom. The number of ether oxygens (including phenoxy) is 1. The van der Waals surface area contributed by atoms with E-state index < -0.39 is 5.82 Å². The van der Waals surface area contributed by atoms with E-state index in [1.165, 1.54) is 34.9 Å². The first kappa shape index (κ1) is 21.3. The van der Waals surface area contributed by atoms with Gasteiger partial charge in [-0.05, 0) is 42.0 Å². The third-order valence-corrected chi connectivity index (χ3v) is 5.72. The van der Waals surface area contributed by atoms with Crippen molar-refractivity contribution in [2.45, 2.75) is 6.42 Å². The molecule has 0 saturated carbocycles. The van der Waals surface area contributed by atoms with Crippen LogP contribution in [0.15, 0.2) is 47.4 Å². The van der Waals surface area contributed by atoms with Gasteiger partial charge in [0.05, 0.1) is 17.0 Å². The molecule has 3 rings (SSSR count). The van der Waals surface area contributed by atoms with Crippen LogP contribution in [-0.4, -0.2) is 34.7 Å². The average molecular weight is 451 g/mol. The Balaban J connectivity index is 1.60. The molecule has 29 heavy (non-hydrogen) atoms. The fourth-order valence-corrected chi connectivity index (χ4v) is 4.04. The van der Waals surface area contributed by atoms with E-state index in [-0.39, 0.29) is 29.8 Å². The molecule has 150 valence electrons. The second-order valence-corrected chi connectivity index (χ2v) is 8.12. The molecule has 1 aliphatic heterocycles. The lowest BCUT2D eigenvalue weighted by Crippen LogP contribution is -2.31. The quantitative estimate of drug-likeness (QED) is 0.510. The number of carbonyl (C=O) groups is 2. The number of rotatable bonds is 6. The van der Waals surface area contributed by atoms with Crippen molar-refractivity contribution in [3.05, 3.63) is 63.8 Å². The van der Waals surface area contributed by atoms with Crippen LogP contribution in [0.4, 0.5) is 10.1 Å². The molecule has 0 radical (unpaired) electrons. The molecular weight excluding hydrogens is 435 g/mol. The van der Waals surface area contributed by atoms with Crippen LogP contribution in [0, 0.1) is 5.82 Å². The summed E-state index contributed by atoms with van der Waals surface area (Å²) in [5, 5.41) is 2.54. The number of nitrogens with one attached hydrogen (secondary N) is 1. The highest BCUT2D eigenvalue weighted by Crippen LogP contribution is 2.33. The summed E-state index contributed by atoms with van der Waals surface area (Å²) in [6.07, 6.45) is 1.79. The van der Waals surface area contributed by atoms with Gasteiger partial charge in [-0.25, -0.2) is 4.39 Å². The van der Waals surface area contributed by atoms with Crippen LogP contribution < -0.4 is 10.1 Å². The standard InChI is InChI=1S/C20H16ClFN2O3S2/c1-27-14-5-2-12(3-6-14)10-17-19(26)24(20(28)29-17)9-8-18(25)23-13-4-7-16(22)15(21)11-13/h2-7,10-11H,8-9H2,1H3,(H,23,25)/b17-10+. The molecular formula is C20H16ClFN2O3S2. The normalized spacial score (nSPS) is 15.1. The third-order valence-electron chi connectivity index (χ3n) is 4.05. The average Bonchev–Trinajstić information content (AvgIpc) is 2.96. The number of hydrogen-bond donors (Lipinski definition) is 1. The first-order chi connectivity index (χ1) is 13.9. The number of nitrogens with zero attached hydrogens (tertiary/aromatic N) is 1. The zero-order chi connectivity index (χ0) is 21.0. The van der Waals surface area contributed by atoms with E-state index in [1.807, 2.05) is 12.1 Å². The Labute approximate surface area is 181 Å². The van der Waals surface area contributed by atoms with Crippen molar-refractivity contribution in [3.8, 4) is 5.75 Å². The summed E-state index contributed by atoms with van der Waals surface area (Å²) in [4.78, 5) is 26.7. The minimum absolute atomic E-state index is 0.0389. The molecule has 2 aromatic carbocycles. The maximum absolute atomic E-state index is 13.2. The molecule has 1 N–H and O–H groups in total. The van der Waals surface area contributed by atoms with E-state index in [0.717, 1.165) is 11.3 Å². The van der Waals surface area contributed by atoms with Gasteiger partial charge in [-0.2, -0.15) is 0 Å². The molecule has 0 spiro atoms. The molecule has 0 aromatic heterocycles. The summed E-state index contributed by atoms with van der Waals surface area (Å²) < 4.78 is 18.7. The van der Waals surface area contributed by atoms with Gasteiger partial charge >= 0.3 is 0 Å². The van der Waals surface area contributed by atoms with E-state index in [9.17, 15) is 14.0 Å². The highest BCUT2D eigenvalue weighted by Gasteiger charge is 2.32. The smallest absolute Gasteiger partial charge is 0.266 e. The fourth-order valence-electron chi connectivity index (χ4n) is 2.56. The molecule has 2 amide bonds. The Hall–Kier alpha value is -2.42. The van der Waals surface area contributed by atoms with Gasteiger partial charge < -0.3 is 10.1 Å². The lowest BCUT2D eigenvalue weighted by atomic mass is 10.2. The number of benzene rings is 2. The first-order valence-electron chi connectivity index (χ1n) is 8.51. The minimum Gasteiger partial charge on any atom is -0.497 e. The van der Waals surface area contributed by atoms with Crippen LogP contribution in [-0.2, 0) is 9.59 Å². The molecule has 0 atom stereocenters. The van der Waals surface area contributed by atoms with Gasteiger partial charge in [-0.15, -0.1) is 0 Å². The summed E-state index contributed by atoms with van der Waals surface area (Å²) in [5.74, 6) is -0.414. The molecule has 1 fully saturated rings. The van der Waals surface area contributed by atoms with E-state index >= 15 is 0 Å². The van der Waals surface area contributed by atoms with Crippen molar-refractivity contribution >= 4 is 63.5 Å². The van der Waals surface area contributed by atoms with Gasteiger partial charge in [0.15, 0.2) is 0 Å². The van der Waals surface area contributed by atoms with Gasteiger partial charge in [-0.1, -0.05) is 47.7 Å². The highest BCUT2D eigenvalue weighted by atomic mass is 35.5.